The number of hydrogen-bond acceptors (Lipinski definition) is 3. The quantitative estimate of drug-likeness (QED) is 0.849. The van der Waals surface area contributed by atoms with Gasteiger partial charge in [0.1, 0.15) is 0 Å². The summed E-state index contributed by atoms with van der Waals surface area (Å²) in [4.78, 5) is 0. The van der Waals surface area contributed by atoms with Gasteiger partial charge in [-0.25, -0.2) is 0 Å². The number of hydrogen-bond donors (Lipinski definition) is 1. The maximum atomic E-state index is 12.2. The van der Waals surface area contributed by atoms with Gasteiger partial charge in [0, 0.05) is 30.5 Å². The molecular formula is C13H13Cl2F2N3O. The normalized spacial score (nSPS) is 11.0. The fourth-order valence-electron chi connectivity index (χ4n) is 1.74. The number of anilines is 1. The number of rotatable bonds is 6. The van der Waals surface area contributed by atoms with E-state index >= 15 is 0 Å². The second kappa shape index (κ2) is 6.95. The minimum Gasteiger partial charge on any atom is -0.432 e. The molecule has 8 heteroatoms. The van der Waals surface area contributed by atoms with Crippen molar-refractivity contribution in [3.05, 3.63) is 40.1 Å². The first-order chi connectivity index (χ1) is 9.99. The second-order valence-electron chi connectivity index (χ2n) is 4.21. The highest BCUT2D eigenvalue weighted by Gasteiger charge is 2.14. The Balaban J connectivity index is 2.07. The summed E-state index contributed by atoms with van der Waals surface area (Å²) in [7, 11) is 0. The average Bonchev–Trinajstić information content (AvgIpc) is 2.88. The van der Waals surface area contributed by atoms with Gasteiger partial charge in [-0.2, -0.15) is 13.9 Å². The Morgan fingerprint density at radius 3 is 2.52 bits per heavy atom. The van der Waals surface area contributed by atoms with Crippen LogP contribution in [0.15, 0.2) is 24.5 Å². The third-order valence-corrected chi connectivity index (χ3v) is 3.27. The van der Waals surface area contributed by atoms with Crippen LogP contribution < -0.4 is 10.1 Å². The van der Waals surface area contributed by atoms with Crippen LogP contribution in [-0.2, 0) is 13.1 Å². The van der Waals surface area contributed by atoms with Crippen LogP contribution in [0.3, 0.4) is 0 Å². The zero-order valence-corrected chi connectivity index (χ0v) is 12.6. The van der Waals surface area contributed by atoms with E-state index < -0.39 is 6.61 Å². The van der Waals surface area contributed by atoms with Crippen LogP contribution in [-0.4, -0.2) is 16.4 Å². The Bertz CT molecular complexity index is 596. The van der Waals surface area contributed by atoms with Crippen molar-refractivity contribution < 1.29 is 13.5 Å². The molecule has 0 atom stereocenters. The number of nitrogens with zero attached hydrogens (tertiary/aromatic N) is 2. The summed E-state index contributed by atoms with van der Waals surface area (Å²) in [6, 6.07) is 2.96. The van der Waals surface area contributed by atoms with Gasteiger partial charge < -0.3 is 10.1 Å². The zero-order chi connectivity index (χ0) is 15.4. The molecule has 0 aliphatic heterocycles. The minimum absolute atomic E-state index is 0.0227. The first-order valence-corrected chi connectivity index (χ1v) is 6.94. The minimum atomic E-state index is -2.97. The third-order valence-electron chi connectivity index (χ3n) is 2.71. The third kappa shape index (κ3) is 4.22. The largest absolute Gasteiger partial charge is 0.432 e. The van der Waals surface area contributed by atoms with E-state index in [0.29, 0.717) is 12.2 Å². The molecule has 2 rings (SSSR count). The van der Waals surface area contributed by atoms with Crippen molar-refractivity contribution >= 4 is 28.9 Å². The van der Waals surface area contributed by atoms with Gasteiger partial charge in [0.2, 0.25) is 0 Å². The molecule has 2 aromatic rings. The predicted octanol–water partition coefficient (Wildman–Crippen LogP) is 4.42. The smallest absolute Gasteiger partial charge is 0.387 e. The Morgan fingerprint density at radius 1 is 1.33 bits per heavy atom. The number of alkyl halides is 2. The second-order valence-corrected chi connectivity index (χ2v) is 5.02. The lowest BCUT2D eigenvalue weighted by Crippen LogP contribution is -2.04. The first kappa shape index (κ1) is 15.9. The van der Waals surface area contributed by atoms with Crippen LogP contribution in [0, 0.1) is 0 Å². The summed E-state index contributed by atoms with van der Waals surface area (Å²) in [6.07, 6.45) is 3.65. The Hall–Kier alpha value is -1.53. The highest BCUT2D eigenvalue weighted by molar-refractivity contribution is 6.37. The van der Waals surface area contributed by atoms with E-state index in [0.717, 1.165) is 12.1 Å². The van der Waals surface area contributed by atoms with Crippen LogP contribution in [0.1, 0.15) is 12.5 Å². The molecule has 1 heterocycles. The number of halogens is 4. The molecule has 0 saturated heterocycles. The standard InChI is InChI=1S/C13H13Cl2F2N3O/c1-2-20-7-8(6-19-20)5-18-9-3-10(14)12(11(15)4-9)21-13(16)17/h3-4,6-7,13,18H,2,5H2,1H3. The van der Waals surface area contributed by atoms with E-state index in [1.54, 1.807) is 10.9 Å². The van der Waals surface area contributed by atoms with Crippen molar-refractivity contribution in [1.82, 2.24) is 9.78 Å². The lowest BCUT2D eigenvalue weighted by molar-refractivity contribution is -0.0497. The SMILES string of the molecule is CCn1cc(CNc2cc(Cl)c(OC(F)F)c(Cl)c2)cn1. The van der Waals surface area contributed by atoms with E-state index in [4.69, 9.17) is 23.2 Å². The molecule has 0 unspecified atom stereocenters. The Morgan fingerprint density at radius 2 is 2.00 bits per heavy atom. The van der Waals surface area contributed by atoms with Crippen molar-refractivity contribution in [3.8, 4) is 5.75 Å². The van der Waals surface area contributed by atoms with Crippen LogP contribution in [0.25, 0.3) is 0 Å². The molecule has 1 N–H and O–H groups in total. The highest BCUT2D eigenvalue weighted by Crippen LogP contribution is 2.37. The van der Waals surface area contributed by atoms with Gasteiger partial charge in [-0.3, -0.25) is 4.68 Å². The molecule has 0 radical (unpaired) electrons. The molecule has 21 heavy (non-hydrogen) atoms. The van der Waals surface area contributed by atoms with Crippen molar-refractivity contribution in [2.24, 2.45) is 0 Å². The monoisotopic (exact) mass is 335 g/mol. The molecule has 0 amide bonds. The van der Waals surface area contributed by atoms with Gasteiger partial charge in [-0.1, -0.05) is 23.2 Å². The zero-order valence-electron chi connectivity index (χ0n) is 11.1. The molecule has 0 spiro atoms. The number of aryl methyl sites for hydroxylation is 1. The van der Waals surface area contributed by atoms with Gasteiger partial charge >= 0.3 is 6.61 Å². The van der Waals surface area contributed by atoms with Gasteiger partial charge in [0.05, 0.1) is 16.2 Å². The van der Waals surface area contributed by atoms with E-state index in [1.807, 2.05) is 13.1 Å². The maximum Gasteiger partial charge on any atom is 0.387 e. The molecule has 0 aliphatic carbocycles. The molecule has 0 aliphatic rings. The summed E-state index contributed by atoms with van der Waals surface area (Å²) in [5.74, 6) is -0.224. The highest BCUT2D eigenvalue weighted by atomic mass is 35.5. The number of benzene rings is 1. The average molecular weight is 336 g/mol. The van der Waals surface area contributed by atoms with Gasteiger partial charge in [-0.05, 0) is 19.1 Å². The summed E-state index contributed by atoms with van der Waals surface area (Å²) >= 11 is 11.8. The topological polar surface area (TPSA) is 39.1 Å². The van der Waals surface area contributed by atoms with E-state index in [-0.39, 0.29) is 15.8 Å². The summed E-state index contributed by atoms with van der Waals surface area (Å²) in [5, 5.41) is 7.29. The Kier molecular flexibility index (Phi) is 5.25. The number of ether oxygens (including phenoxy) is 1. The molecule has 0 saturated carbocycles. The maximum absolute atomic E-state index is 12.2. The summed E-state index contributed by atoms with van der Waals surface area (Å²) < 4.78 is 30.5. The van der Waals surface area contributed by atoms with Gasteiger partial charge in [0.25, 0.3) is 0 Å². The van der Waals surface area contributed by atoms with Crippen molar-refractivity contribution in [3.63, 3.8) is 0 Å². The van der Waals surface area contributed by atoms with Crippen LogP contribution in [0.4, 0.5) is 14.5 Å². The van der Waals surface area contributed by atoms with Crippen LogP contribution in [0.5, 0.6) is 5.75 Å². The fraction of sp³-hybridized carbons (Fsp3) is 0.308. The molecule has 0 bridgehead atoms. The molecule has 4 nitrogen and oxygen atoms in total. The fourth-order valence-corrected chi connectivity index (χ4v) is 2.31. The van der Waals surface area contributed by atoms with Gasteiger partial charge in [0.15, 0.2) is 5.75 Å². The molecule has 1 aromatic heterocycles. The van der Waals surface area contributed by atoms with E-state index in [2.05, 4.69) is 15.2 Å². The van der Waals surface area contributed by atoms with Crippen molar-refractivity contribution in [1.29, 1.82) is 0 Å². The van der Waals surface area contributed by atoms with Crippen LogP contribution in [0.2, 0.25) is 10.0 Å². The first-order valence-electron chi connectivity index (χ1n) is 6.18. The van der Waals surface area contributed by atoms with E-state index in [1.165, 1.54) is 12.1 Å². The lowest BCUT2D eigenvalue weighted by atomic mass is 10.2. The van der Waals surface area contributed by atoms with Crippen molar-refractivity contribution in [2.45, 2.75) is 26.6 Å². The molecular weight excluding hydrogens is 323 g/mol. The van der Waals surface area contributed by atoms with Gasteiger partial charge in [-0.15, -0.1) is 0 Å². The summed E-state index contributed by atoms with van der Waals surface area (Å²) in [5.41, 5.74) is 1.59. The number of aromatic nitrogens is 2. The van der Waals surface area contributed by atoms with Crippen molar-refractivity contribution in [2.75, 3.05) is 5.32 Å². The predicted molar refractivity (Wildman–Crippen MR) is 78.3 cm³/mol. The lowest BCUT2D eigenvalue weighted by Gasteiger charge is -2.12. The van der Waals surface area contributed by atoms with E-state index in [9.17, 15) is 8.78 Å². The molecule has 0 fully saturated rings. The Labute approximate surface area is 130 Å². The molecule has 114 valence electrons. The number of nitrogens with one attached hydrogen (secondary N) is 1. The molecule has 1 aromatic carbocycles. The van der Waals surface area contributed by atoms with Crippen LogP contribution >= 0.6 is 23.2 Å². The summed E-state index contributed by atoms with van der Waals surface area (Å²) in [6.45, 7) is 0.323.